The highest BCUT2D eigenvalue weighted by Crippen LogP contribution is 2.40. The molecule has 0 saturated carbocycles. The van der Waals surface area contributed by atoms with Crippen LogP contribution in [0.3, 0.4) is 0 Å². The molecule has 0 saturated heterocycles. The number of fused-ring (bicyclic) bond motifs is 2. The Bertz CT molecular complexity index is 926. The van der Waals surface area contributed by atoms with Gasteiger partial charge in [-0.1, -0.05) is 6.92 Å². The summed E-state index contributed by atoms with van der Waals surface area (Å²) in [5.41, 5.74) is -0.302. The highest BCUT2D eigenvalue weighted by molar-refractivity contribution is 6.31. The number of benzene rings is 2. The lowest BCUT2D eigenvalue weighted by atomic mass is 9.81. The van der Waals surface area contributed by atoms with Crippen LogP contribution in [-0.4, -0.2) is 32.7 Å². The van der Waals surface area contributed by atoms with Crippen molar-refractivity contribution in [3.05, 3.63) is 52.1 Å². The van der Waals surface area contributed by atoms with Crippen LogP contribution < -0.4 is 0 Å². The minimum atomic E-state index is -0.730. The molecule has 6 nitrogen and oxygen atoms in total. The number of hydrogen-bond donors (Lipinski definition) is 3. The van der Waals surface area contributed by atoms with Gasteiger partial charge in [0.2, 0.25) is 5.78 Å². The molecule has 0 heterocycles. The van der Waals surface area contributed by atoms with Gasteiger partial charge in [0.05, 0.1) is 16.7 Å². The smallest absolute Gasteiger partial charge is 0.202 e. The predicted octanol–water partition coefficient (Wildman–Crippen LogP) is 2.49. The van der Waals surface area contributed by atoms with E-state index in [9.17, 15) is 29.7 Å². The van der Waals surface area contributed by atoms with Crippen LogP contribution in [0.25, 0.3) is 0 Å². The van der Waals surface area contributed by atoms with Crippen molar-refractivity contribution in [3.8, 4) is 17.2 Å². The molecule has 3 rings (SSSR count). The van der Waals surface area contributed by atoms with Crippen LogP contribution in [0.5, 0.6) is 17.2 Å². The minimum Gasteiger partial charge on any atom is -0.507 e. The standard InChI is InChI=1S/C19H16O6/c1-2-10(20)4-3-9-7-11-15(14(23)8-9)19(25)17-13(22)6-5-12(21)16(17)18(11)24/h5-8,21-23H,2-4H2,1H3. The monoisotopic (exact) mass is 340 g/mol. The van der Waals surface area contributed by atoms with Crippen molar-refractivity contribution in [1.29, 1.82) is 0 Å². The van der Waals surface area contributed by atoms with E-state index in [0.29, 0.717) is 18.4 Å². The van der Waals surface area contributed by atoms with Crippen molar-refractivity contribution in [2.45, 2.75) is 26.2 Å². The molecule has 2 aromatic carbocycles. The number of rotatable bonds is 4. The van der Waals surface area contributed by atoms with Crippen LogP contribution in [0.1, 0.15) is 57.2 Å². The first-order valence-electron chi connectivity index (χ1n) is 7.87. The molecule has 0 fully saturated rings. The summed E-state index contributed by atoms with van der Waals surface area (Å²) in [6.07, 6.45) is 0.988. The molecule has 0 aromatic heterocycles. The lowest BCUT2D eigenvalue weighted by Crippen LogP contribution is -2.21. The molecule has 1 aliphatic carbocycles. The van der Waals surface area contributed by atoms with E-state index < -0.39 is 23.1 Å². The summed E-state index contributed by atoms with van der Waals surface area (Å²) in [6.45, 7) is 1.75. The third-order valence-electron chi connectivity index (χ3n) is 4.35. The maximum atomic E-state index is 12.7. The van der Waals surface area contributed by atoms with Crippen molar-refractivity contribution < 1.29 is 29.7 Å². The molecule has 0 atom stereocenters. The average Bonchev–Trinajstić information content (AvgIpc) is 2.58. The Morgan fingerprint density at radius 3 is 2.08 bits per heavy atom. The largest absolute Gasteiger partial charge is 0.507 e. The molecule has 0 bridgehead atoms. The van der Waals surface area contributed by atoms with E-state index in [4.69, 9.17) is 0 Å². The fourth-order valence-corrected chi connectivity index (χ4v) is 3.01. The van der Waals surface area contributed by atoms with Gasteiger partial charge in [-0.05, 0) is 36.2 Å². The van der Waals surface area contributed by atoms with E-state index in [1.54, 1.807) is 6.92 Å². The van der Waals surface area contributed by atoms with Crippen molar-refractivity contribution in [2.75, 3.05) is 0 Å². The zero-order valence-electron chi connectivity index (χ0n) is 13.5. The number of Topliss-reactive ketones (excluding diaryl/α,β-unsaturated/α-hetero) is 1. The van der Waals surface area contributed by atoms with Crippen molar-refractivity contribution in [2.24, 2.45) is 0 Å². The Morgan fingerprint density at radius 1 is 0.880 bits per heavy atom. The van der Waals surface area contributed by atoms with E-state index in [-0.39, 0.29) is 40.2 Å². The molecule has 0 aliphatic heterocycles. The van der Waals surface area contributed by atoms with Gasteiger partial charge in [0, 0.05) is 18.4 Å². The maximum absolute atomic E-state index is 12.7. The molecule has 0 radical (unpaired) electrons. The number of aromatic hydroxyl groups is 3. The Morgan fingerprint density at radius 2 is 1.48 bits per heavy atom. The van der Waals surface area contributed by atoms with Crippen molar-refractivity contribution in [1.82, 2.24) is 0 Å². The number of carbonyl (C=O) groups is 3. The second-order valence-electron chi connectivity index (χ2n) is 5.94. The molecule has 0 spiro atoms. The summed E-state index contributed by atoms with van der Waals surface area (Å²) in [5, 5.41) is 30.1. The average molecular weight is 340 g/mol. The molecule has 25 heavy (non-hydrogen) atoms. The first-order valence-corrected chi connectivity index (χ1v) is 7.87. The molecule has 2 aromatic rings. The van der Waals surface area contributed by atoms with Gasteiger partial charge in [-0.3, -0.25) is 14.4 Å². The highest BCUT2D eigenvalue weighted by Gasteiger charge is 2.36. The quantitative estimate of drug-likeness (QED) is 0.629. The normalized spacial score (nSPS) is 12.7. The van der Waals surface area contributed by atoms with E-state index in [1.165, 1.54) is 12.1 Å². The third-order valence-corrected chi connectivity index (χ3v) is 4.35. The van der Waals surface area contributed by atoms with Gasteiger partial charge >= 0.3 is 0 Å². The summed E-state index contributed by atoms with van der Waals surface area (Å²) in [6, 6.07) is 5.04. The van der Waals surface area contributed by atoms with Crippen molar-refractivity contribution in [3.63, 3.8) is 0 Å². The summed E-state index contributed by atoms with van der Waals surface area (Å²) < 4.78 is 0. The van der Waals surface area contributed by atoms with Crippen LogP contribution in [0, 0.1) is 0 Å². The van der Waals surface area contributed by atoms with E-state index >= 15 is 0 Å². The maximum Gasteiger partial charge on any atom is 0.202 e. The highest BCUT2D eigenvalue weighted by atomic mass is 16.3. The van der Waals surface area contributed by atoms with Gasteiger partial charge in [-0.25, -0.2) is 0 Å². The number of carbonyl (C=O) groups excluding carboxylic acids is 3. The fourth-order valence-electron chi connectivity index (χ4n) is 3.01. The number of ketones is 3. The van der Waals surface area contributed by atoms with Gasteiger partial charge in [-0.2, -0.15) is 0 Å². The second-order valence-corrected chi connectivity index (χ2v) is 5.94. The van der Waals surface area contributed by atoms with E-state index in [1.807, 2.05) is 0 Å². The molecule has 3 N–H and O–H groups in total. The van der Waals surface area contributed by atoms with Crippen LogP contribution >= 0.6 is 0 Å². The number of phenolic OH excluding ortho intramolecular Hbond substituents is 3. The first kappa shape index (κ1) is 16.7. The number of phenols is 3. The Hall–Kier alpha value is -3.15. The van der Waals surface area contributed by atoms with Crippen LogP contribution in [-0.2, 0) is 11.2 Å². The van der Waals surface area contributed by atoms with Crippen LogP contribution in [0.4, 0.5) is 0 Å². The van der Waals surface area contributed by atoms with Gasteiger partial charge in [-0.15, -0.1) is 0 Å². The van der Waals surface area contributed by atoms with Crippen LogP contribution in [0.15, 0.2) is 24.3 Å². The van der Waals surface area contributed by atoms with Gasteiger partial charge in [0.15, 0.2) is 5.78 Å². The Labute approximate surface area is 143 Å². The lowest BCUT2D eigenvalue weighted by Gasteiger charge is -2.21. The summed E-state index contributed by atoms with van der Waals surface area (Å²) in [5.74, 6) is -2.57. The first-order chi connectivity index (χ1) is 11.8. The molecular weight excluding hydrogens is 324 g/mol. The Kier molecular flexibility index (Phi) is 4.04. The predicted molar refractivity (Wildman–Crippen MR) is 88.4 cm³/mol. The SMILES string of the molecule is CCC(=O)CCc1cc(O)c2c(c1)C(=O)c1c(O)ccc(O)c1C2=O. The fraction of sp³-hybridized carbons (Fsp3) is 0.211. The zero-order chi connectivity index (χ0) is 18.3. The third kappa shape index (κ3) is 2.65. The summed E-state index contributed by atoms with van der Waals surface area (Å²) >= 11 is 0. The second kappa shape index (κ2) is 6.05. The topological polar surface area (TPSA) is 112 Å². The van der Waals surface area contributed by atoms with Gasteiger partial charge in [0.1, 0.15) is 23.0 Å². The molecule has 1 aliphatic rings. The van der Waals surface area contributed by atoms with Gasteiger partial charge in [0.25, 0.3) is 0 Å². The summed E-state index contributed by atoms with van der Waals surface area (Å²) in [4.78, 5) is 36.8. The van der Waals surface area contributed by atoms with E-state index in [2.05, 4.69) is 0 Å². The van der Waals surface area contributed by atoms with E-state index in [0.717, 1.165) is 12.1 Å². The molecule has 0 amide bonds. The van der Waals surface area contributed by atoms with Crippen molar-refractivity contribution >= 4 is 17.3 Å². The van der Waals surface area contributed by atoms with Crippen LogP contribution in [0.2, 0.25) is 0 Å². The zero-order valence-corrected chi connectivity index (χ0v) is 13.5. The number of aryl methyl sites for hydroxylation is 1. The molecule has 0 unspecified atom stereocenters. The molecular formula is C19H16O6. The summed E-state index contributed by atoms with van der Waals surface area (Å²) in [7, 11) is 0. The number of hydrogen-bond acceptors (Lipinski definition) is 6. The Balaban J connectivity index is 2.13. The lowest BCUT2D eigenvalue weighted by molar-refractivity contribution is -0.118. The van der Waals surface area contributed by atoms with Gasteiger partial charge < -0.3 is 15.3 Å². The minimum absolute atomic E-state index is 0.0441. The molecule has 6 heteroatoms. The molecule has 128 valence electrons.